The van der Waals surface area contributed by atoms with Gasteiger partial charge >= 0.3 is 0 Å². The van der Waals surface area contributed by atoms with E-state index in [4.69, 9.17) is 16.6 Å². The second-order valence-electron chi connectivity index (χ2n) is 6.23. The predicted molar refractivity (Wildman–Crippen MR) is 96.1 cm³/mol. The van der Waals surface area contributed by atoms with E-state index in [0.29, 0.717) is 6.04 Å². The van der Waals surface area contributed by atoms with E-state index in [1.165, 1.54) is 32.1 Å². The van der Waals surface area contributed by atoms with Crippen molar-refractivity contribution in [1.82, 2.24) is 9.38 Å². The van der Waals surface area contributed by atoms with E-state index in [1.54, 1.807) is 0 Å². The molecule has 1 aromatic carbocycles. The maximum atomic E-state index is 6.21. The number of nitrogens with zero attached hydrogens (tertiary/aromatic N) is 2. The molecule has 0 bridgehead atoms. The highest BCUT2D eigenvalue weighted by atomic mass is 35.5. The Morgan fingerprint density at radius 2 is 1.78 bits per heavy atom. The molecule has 0 spiro atoms. The summed E-state index contributed by atoms with van der Waals surface area (Å²) in [6.07, 6.45) is 8.35. The molecule has 2 heterocycles. The van der Waals surface area contributed by atoms with Gasteiger partial charge in [-0.3, -0.25) is 4.40 Å². The third kappa shape index (κ3) is 2.93. The lowest BCUT2D eigenvalue weighted by atomic mass is 9.95. The molecule has 0 radical (unpaired) electrons. The number of pyridine rings is 1. The van der Waals surface area contributed by atoms with Crippen molar-refractivity contribution in [3.05, 3.63) is 53.7 Å². The van der Waals surface area contributed by atoms with Crippen molar-refractivity contribution in [2.24, 2.45) is 0 Å². The minimum Gasteiger partial charge on any atom is -0.367 e. The molecule has 1 fully saturated rings. The first-order valence-electron chi connectivity index (χ1n) is 8.31. The number of aromatic nitrogens is 2. The van der Waals surface area contributed by atoms with Gasteiger partial charge in [-0.05, 0) is 25.0 Å². The van der Waals surface area contributed by atoms with E-state index in [9.17, 15) is 0 Å². The second-order valence-corrected chi connectivity index (χ2v) is 6.67. The van der Waals surface area contributed by atoms with Crippen molar-refractivity contribution in [1.29, 1.82) is 0 Å². The minimum absolute atomic E-state index is 0.519. The van der Waals surface area contributed by atoms with Gasteiger partial charge in [-0.25, -0.2) is 4.98 Å². The van der Waals surface area contributed by atoms with Crippen molar-refractivity contribution in [3.8, 4) is 11.3 Å². The lowest BCUT2D eigenvalue weighted by molar-refractivity contribution is 0.462. The number of hydrogen-bond acceptors (Lipinski definition) is 2. The Morgan fingerprint density at radius 3 is 2.57 bits per heavy atom. The largest absolute Gasteiger partial charge is 0.367 e. The smallest absolute Gasteiger partial charge is 0.139 e. The summed E-state index contributed by atoms with van der Waals surface area (Å²) in [6.45, 7) is 0. The Labute approximate surface area is 141 Å². The van der Waals surface area contributed by atoms with Gasteiger partial charge in [0.15, 0.2) is 0 Å². The van der Waals surface area contributed by atoms with Gasteiger partial charge in [0.1, 0.15) is 17.2 Å². The number of rotatable bonds is 3. The third-order valence-electron chi connectivity index (χ3n) is 4.58. The van der Waals surface area contributed by atoms with Crippen LogP contribution in [0.5, 0.6) is 0 Å². The van der Waals surface area contributed by atoms with Gasteiger partial charge in [0.2, 0.25) is 0 Å². The van der Waals surface area contributed by atoms with Crippen molar-refractivity contribution >= 4 is 23.1 Å². The molecule has 1 aliphatic carbocycles. The first kappa shape index (κ1) is 14.6. The van der Waals surface area contributed by atoms with Crippen LogP contribution < -0.4 is 5.32 Å². The van der Waals surface area contributed by atoms with Gasteiger partial charge in [0.25, 0.3) is 0 Å². The van der Waals surface area contributed by atoms with Crippen LogP contribution in [-0.4, -0.2) is 15.4 Å². The molecule has 0 amide bonds. The Balaban J connectivity index is 1.82. The average molecular weight is 326 g/mol. The van der Waals surface area contributed by atoms with Gasteiger partial charge in [-0.1, -0.05) is 61.2 Å². The van der Waals surface area contributed by atoms with E-state index in [-0.39, 0.29) is 0 Å². The Morgan fingerprint density at radius 1 is 1.00 bits per heavy atom. The fraction of sp³-hybridized carbons (Fsp3) is 0.316. The molecule has 23 heavy (non-hydrogen) atoms. The highest BCUT2D eigenvalue weighted by Crippen LogP contribution is 2.32. The zero-order valence-electron chi connectivity index (χ0n) is 13.0. The number of imidazole rings is 1. The number of anilines is 1. The fourth-order valence-corrected chi connectivity index (χ4v) is 3.55. The summed E-state index contributed by atoms with van der Waals surface area (Å²) in [6, 6.07) is 14.7. The maximum absolute atomic E-state index is 6.21. The van der Waals surface area contributed by atoms with E-state index in [2.05, 4.69) is 34.0 Å². The van der Waals surface area contributed by atoms with Gasteiger partial charge in [-0.2, -0.15) is 0 Å². The molecule has 1 saturated carbocycles. The fourth-order valence-electron chi connectivity index (χ4n) is 3.39. The number of fused-ring (bicyclic) bond motifs is 1. The summed E-state index contributed by atoms with van der Waals surface area (Å²) in [5.41, 5.74) is 3.05. The SMILES string of the molecule is Clc1ccc2nc(-c3ccccc3)c(NC3CCCCC3)n2c1. The van der Waals surface area contributed by atoms with Crippen molar-refractivity contribution in [2.75, 3.05) is 5.32 Å². The molecule has 0 unspecified atom stereocenters. The summed E-state index contributed by atoms with van der Waals surface area (Å²) < 4.78 is 2.08. The van der Waals surface area contributed by atoms with Crippen LogP contribution in [0.25, 0.3) is 16.9 Å². The monoisotopic (exact) mass is 325 g/mol. The van der Waals surface area contributed by atoms with Crippen LogP contribution in [0, 0.1) is 0 Å². The Hall–Kier alpha value is -2.00. The molecular formula is C19H20ClN3. The zero-order chi connectivity index (χ0) is 15.6. The molecule has 3 aromatic rings. The molecule has 4 heteroatoms. The minimum atomic E-state index is 0.519. The van der Waals surface area contributed by atoms with E-state index in [0.717, 1.165) is 27.7 Å². The van der Waals surface area contributed by atoms with Gasteiger partial charge in [0, 0.05) is 17.8 Å². The summed E-state index contributed by atoms with van der Waals surface area (Å²) in [7, 11) is 0. The molecule has 3 nitrogen and oxygen atoms in total. The number of halogens is 1. The summed E-state index contributed by atoms with van der Waals surface area (Å²) >= 11 is 6.21. The molecular weight excluding hydrogens is 306 g/mol. The van der Waals surface area contributed by atoms with Crippen LogP contribution in [0.2, 0.25) is 5.02 Å². The average Bonchev–Trinajstić information content (AvgIpc) is 2.95. The molecule has 1 N–H and O–H groups in total. The molecule has 0 atom stereocenters. The highest BCUT2D eigenvalue weighted by molar-refractivity contribution is 6.30. The number of benzene rings is 1. The Bertz CT molecular complexity index is 804. The quantitative estimate of drug-likeness (QED) is 0.698. The lowest BCUT2D eigenvalue weighted by Crippen LogP contribution is -2.23. The predicted octanol–water partition coefficient (Wildman–Crippen LogP) is 5.40. The summed E-state index contributed by atoms with van der Waals surface area (Å²) in [4.78, 5) is 4.83. The van der Waals surface area contributed by atoms with Crippen LogP contribution >= 0.6 is 11.6 Å². The van der Waals surface area contributed by atoms with Crippen LogP contribution in [-0.2, 0) is 0 Å². The first-order valence-corrected chi connectivity index (χ1v) is 8.68. The van der Waals surface area contributed by atoms with Gasteiger partial charge < -0.3 is 5.32 Å². The molecule has 118 valence electrons. The maximum Gasteiger partial charge on any atom is 0.139 e. The second kappa shape index (κ2) is 6.25. The van der Waals surface area contributed by atoms with Crippen molar-refractivity contribution in [3.63, 3.8) is 0 Å². The molecule has 0 aliphatic heterocycles. The number of hydrogen-bond donors (Lipinski definition) is 1. The summed E-state index contributed by atoms with van der Waals surface area (Å²) in [5, 5.41) is 4.46. The van der Waals surface area contributed by atoms with Crippen LogP contribution in [0.4, 0.5) is 5.82 Å². The van der Waals surface area contributed by atoms with Crippen molar-refractivity contribution in [2.45, 2.75) is 38.1 Å². The van der Waals surface area contributed by atoms with E-state index in [1.807, 2.05) is 24.4 Å². The van der Waals surface area contributed by atoms with Gasteiger partial charge in [-0.15, -0.1) is 0 Å². The molecule has 4 rings (SSSR count). The highest BCUT2D eigenvalue weighted by Gasteiger charge is 2.19. The lowest BCUT2D eigenvalue weighted by Gasteiger charge is -2.24. The molecule has 2 aromatic heterocycles. The van der Waals surface area contributed by atoms with E-state index < -0.39 is 0 Å². The number of nitrogens with one attached hydrogen (secondary N) is 1. The normalized spacial score (nSPS) is 15.9. The van der Waals surface area contributed by atoms with E-state index >= 15 is 0 Å². The standard InChI is InChI=1S/C19H20ClN3/c20-15-11-12-17-22-18(14-7-3-1-4-8-14)19(23(17)13-15)21-16-9-5-2-6-10-16/h1,3-4,7-8,11-13,16,21H,2,5-6,9-10H2. The third-order valence-corrected chi connectivity index (χ3v) is 4.80. The van der Waals surface area contributed by atoms with Crippen LogP contribution in [0.15, 0.2) is 48.7 Å². The first-order chi connectivity index (χ1) is 11.3. The van der Waals surface area contributed by atoms with Gasteiger partial charge in [0.05, 0.1) is 5.02 Å². The molecule has 0 saturated heterocycles. The summed E-state index contributed by atoms with van der Waals surface area (Å²) in [5.74, 6) is 1.06. The van der Waals surface area contributed by atoms with Crippen LogP contribution in [0.3, 0.4) is 0 Å². The molecule has 1 aliphatic rings. The van der Waals surface area contributed by atoms with Crippen LogP contribution in [0.1, 0.15) is 32.1 Å². The van der Waals surface area contributed by atoms with Crippen molar-refractivity contribution < 1.29 is 0 Å². The Kier molecular flexibility index (Phi) is 3.96. The topological polar surface area (TPSA) is 29.3 Å². The zero-order valence-corrected chi connectivity index (χ0v) is 13.8.